The van der Waals surface area contributed by atoms with E-state index in [1.165, 1.54) is 11.1 Å². The van der Waals surface area contributed by atoms with E-state index in [1.807, 2.05) is 54.7 Å². The first-order chi connectivity index (χ1) is 23.5. The van der Waals surface area contributed by atoms with E-state index in [2.05, 4.69) is 50.0 Å². The van der Waals surface area contributed by atoms with Gasteiger partial charge in [-0.1, -0.05) is 29.8 Å². The second kappa shape index (κ2) is 14.7. The summed E-state index contributed by atoms with van der Waals surface area (Å²) in [5.41, 5.74) is 5.56. The Kier molecular flexibility index (Phi) is 9.81. The molecule has 9 nitrogen and oxygen atoms in total. The van der Waals surface area contributed by atoms with Crippen molar-refractivity contribution in [3.05, 3.63) is 107 Å². The molecule has 3 heterocycles. The second-order valence-corrected chi connectivity index (χ2v) is 12.6. The maximum Gasteiger partial charge on any atom is 0.339 e. The molecule has 0 atom stereocenters. The van der Waals surface area contributed by atoms with Gasteiger partial charge >= 0.3 is 5.97 Å². The SMILES string of the molecule is O=C(O)c1ccc(N2CCN(Cc3cc(OCCN4CCOCC4)ccc3-c3ccc(Cl)cc3)CC2)cc1Oc1ccc2[nH]ccc2c1. The summed E-state index contributed by atoms with van der Waals surface area (Å²) in [6.45, 7) is 9.03. The Morgan fingerprint density at radius 1 is 0.833 bits per heavy atom. The molecule has 2 fully saturated rings. The van der Waals surface area contributed by atoms with Gasteiger partial charge in [0, 0.05) is 86.2 Å². The predicted octanol–water partition coefficient (Wildman–Crippen LogP) is 7.01. The number of benzene rings is 4. The molecule has 5 aromatic rings. The van der Waals surface area contributed by atoms with Gasteiger partial charge in [-0.3, -0.25) is 9.80 Å². The lowest BCUT2D eigenvalue weighted by atomic mass is 9.98. The Morgan fingerprint density at radius 2 is 1.62 bits per heavy atom. The van der Waals surface area contributed by atoms with E-state index < -0.39 is 5.97 Å². The number of rotatable bonds is 11. The number of halogens is 1. The highest BCUT2D eigenvalue weighted by Gasteiger charge is 2.22. The average molecular weight is 667 g/mol. The first-order valence-electron chi connectivity index (χ1n) is 16.4. The van der Waals surface area contributed by atoms with Crippen LogP contribution in [0.4, 0.5) is 5.69 Å². The molecule has 0 bridgehead atoms. The highest BCUT2D eigenvalue weighted by Crippen LogP contribution is 2.33. The van der Waals surface area contributed by atoms with Crippen LogP contribution in [0.15, 0.2) is 91.1 Å². The number of carboxylic acid groups (broad SMARTS) is 1. The number of aromatic carboxylic acids is 1. The molecule has 1 aromatic heterocycles. The molecule has 48 heavy (non-hydrogen) atoms. The zero-order chi connectivity index (χ0) is 32.9. The number of morpholine rings is 1. The van der Waals surface area contributed by atoms with Gasteiger partial charge in [0.1, 0.15) is 29.4 Å². The zero-order valence-corrected chi connectivity index (χ0v) is 27.5. The molecule has 0 amide bonds. The van der Waals surface area contributed by atoms with E-state index in [-0.39, 0.29) is 5.56 Å². The molecule has 2 saturated heterocycles. The van der Waals surface area contributed by atoms with Crippen LogP contribution in [0.1, 0.15) is 15.9 Å². The van der Waals surface area contributed by atoms with E-state index >= 15 is 0 Å². The molecule has 0 saturated carbocycles. The summed E-state index contributed by atoms with van der Waals surface area (Å²) < 4.78 is 17.9. The van der Waals surface area contributed by atoms with Crippen molar-refractivity contribution in [2.45, 2.75) is 6.54 Å². The number of nitrogens with zero attached hydrogens (tertiary/aromatic N) is 3. The van der Waals surface area contributed by atoms with Crippen molar-refractivity contribution in [2.24, 2.45) is 0 Å². The van der Waals surface area contributed by atoms with Crippen LogP contribution in [-0.4, -0.2) is 91.5 Å². The number of carboxylic acids is 1. The fourth-order valence-corrected chi connectivity index (χ4v) is 6.54. The smallest absolute Gasteiger partial charge is 0.339 e. The lowest BCUT2D eigenvalue weighted by Gasteiger charge is -2.36. The lowest BCUT2D eigenvalue weighted by Crippen LogP contribution is -2.46. The quantitative estimate of drug-likeness (QED) is 0.156. The maximum atomic E-state index is 12.1. The molecule has 4 aromatic carbocycles. The first-order valence-corrected chi connectivity index (χ1v) is 16.8. The third-order valence-electron chi connectivity index (χ3n) is 9.09. The fraction of sp³-hybridized carbons (Fsp3) is 0.289. The fourth-order valence-electron chi connectivity index (χ4n) is 6.41. The van der Waals surface area contributed by atoms with Crippen molar-refractivity contribution >= 4 is 34.2 Å². The van der Waals surface area contributed by atoms with Crippen molar-refractivity contribution < 1.29 is 24.1 Å². The number of hydrogen-bond donors (Lipinski definition) is 2. The van der Waals surface area contributed by atoms with Crippen LogP contribution in [0.5, 0.6) is 17.2 Å². The molecule has 0 radical (unpaired) electrons. The number of anilines is 1. The third kappa shape index (κ3) is 7.61. The predicted molar refractivity (Wildman–Crippen MR) is 189 cm³/mol. The zero-order valence-electron chi connectivity index (χ0n) is 26.7. The Morgan fingerprint density at radius 3 is 2.42 bits per heavy atom. The monoisotopic (exact) mass is 666 g/mol. The van der Waals surface area contributed by atoms with Gasteiger partial charge in [0.15, 0.2) is 0 Å². The molecule has 0 aliphatic carbocycles. The standard InChI is InChI=1S/C38H39ClN4O5/c39-30-3-1-27(2-4-30)34-9-6-32(47-22-19-41-17-20-46-21-18-41)24-29(34)26-42-13-15-43(16-14-42)31-5-8-35(38(44)45)37(25-31)48-33-7-10-36-28(23-33)11-12-40-36/h1-12,23-25,40H,13-22,26H2,(H,44,45). The number of hydrogen-bond acceptors (Lipinski definition) is 7. The summed E-state index contributed by atoms with van der Waals surface area (Å²) in [7, 11) is 0. The van der Waals surface area contributed by atoms with E-state index in [9.17, 15) is 9.90 Å². The molecule has 248 valence electrons. The molecule has 2 aliphatic heterocycles. The van der Waals surface area contributed by atoms with Crippen molar-refractivity contribution in [2.75, 3.05) is 70.5 Å². The van der Waals surface area contributed by atoms with Crippen LogP contribution in [0, 0.1) is 0 Å². The number of fused-ring (bicyclic) bond motifs is 1. The van der Waals surface area contributed by atoms with Gasteiger partial charge in [-0.2, -0.15) is 0 Å². The van der Waals surface area contributed by atoms with Crippen molar-refractivity contribution in [3.8, 4) is 28.4 Å². The van der Waals surface area contributed by atoms with Gasteiger partial charge < -0.3 is 29.2 Å². The summed E-state index contributed by atoms with van der Waals surface area (Å²) in [6, 6.07) is 27.4. The Balaban J connectivity index is 1.04. The summed E-state index contributed by atoms with van der Waals surface area (Å²) in [5.74, 6) is 0.773. The highest BCUT2D eigenvalue weighted by atomic mass is 35.5. The number of aromatic amines is 1. The maximum absolute atomic E-state index is 12.1. The van der Waals surface area contributed by atoms with Gasteiger partial charge in [-0.15, -0.1) is 0 Å². The van der Waals surface area contributed by atoms with Gasteiger partial charge in [0.2, 0.25) is 0 Å². The molecular formula is C38H39ClN4O5. The minimum atomic E-state index is -1.02. The number of carbonyl (C=O) groups is 1. The summed E-state index contributed by atoms with van der Waals surface area (Å²) in [5, 5.41) is 11.6. The summed E-state index contributed by atoms with van der Waals surface area (Å²) in [6.07, 6.45) is 1.87. The molecular weight excluding hydrogens is 628 g/mol. The molecule has 0 unspecified atom stereocenters. The summed E-state index contributed by atoms with van der Waals surface area (Å²) in [4.78, 5) is 22.3. The molecule has 7 rings (SSSR count). The highest BCUT2D eigenvalue weighted by molar-refractivity contribution is 6.30. The number of H-pyrrole nitrogens is 1. The van der Waals surface area contributed by atoms with Crippen LogP contribution in [0.25, 0.3) is 22.0 Å². The van der Waals surface area contributed by atoms with Gasteiger partial charge in [-0.05, 0) is 77.4 Å². The lowest BCUT2D eigenvalue weighted by molar-refractivity contribution is 0.0322. The topological polar surface area (TPSA) is 90.5 Å². The van der Waals surface area contributed by atoms with Gasteiger partial charge in [0.25, 0.3) is 0 Å². The van der Waals surface area contributed by atoms with Crippen molar-refractivity contribution in [1.29, 1.82) is 0 Å². The van der Waals surface area contributed by atoms with E-state index in [0.29, 0.717) is 23.1 Å². The number of piperazine rings is 1. The van der Waals surface area contributed by atoms with Crippen molar-refractivity contribution in [3.63, 3.8) is 0 Å². The van der Waals surface area contributed by atoms with Crippen LogP contribution in [-0.2, 0) is 11.3 Å². The van der Waals surface area contributed by atoms with E-state index in [0.717, 1.165) is 93.5 Å². The molecule has 2 N–H and O–H groups in total. The van der Waals surface area contributed by atoms with Gasteiger partial charge in [-0.25, -0.2) is 4.79 Å². The minimum Gasteiger partial charge on any atom is -0.492 e. The number of ether oxygens (including phenoxy) is 3. The van der Waals surface area contributed by atoms with Crippen molar-refractivity contribution in [1.82, 2.24) is 14.8 Å². The molecule has 0 spiro atoms. The van der Waals surface area contributed by atoms with Crippen LogP contribution in [0.3, 0.4) is 0 Å². The van der Waals surface area contributed by atoms with Gasteiger partial charge in [0.05, 0.1) is 13.2 Å². The largest absolute Gasteiger partial charge is 0.492 e. The Labute approximate surface area is 285 Å². The Bertz CT molecular complexity index is 1860. The minimum absolute atomic E-state index is 0.133. The van der Waals surface area contributed by atoms with Crippen LogP contribution >= 0.6 is 11.6 Å². The molecule has 2 aliphatic rings. The van der Waals surface area contributed by atoms with Crippen LogP contribution in [0.2, 0.25) is 5.02 Å². The normalized spacial score (nSPS) is 15.9. The first kappa shape index (κ1) is 32.0. The molecule has 10 heteroatoms. The second-order valence-electron chi connectivity index (χ2n) is 12.2. The average Bonchev–Trinajstić information content (AvgIpc) is 3.58. The third-order valence-corrected chi connectivity index (χ3v) is 9.34. The summed E-state index contributed by atoms with van der Waals surface area (Å²) >= 11 is 6.21. The van der Waals surface area contributed by atoms with E-state index in [1.54, 1.807) is 6.07 Å². The number of aromatic nitrogens is 1. The Hall–Kier alpha value is -4.54. The number of nitrogens with one attached hydrogen (secondary N) is 1. The van der Waals surface area contributed by atoms with Crippen LogP contribution < -0.4 is 14.4 Å². The van der Waals surface area contributed by atoms with E-state index in [4.69, 9.17) is 25.8 Å².